The average Bonchev–Trinajstić information content (AvgIpc) is 1.99. The maximum atomic E-state index is 4.59. The minimum absolute atomic E-state index is 0. The Labute approximate surface area is 195 Å². The van der Waals surface area contributed by atoms with Crippen LogP contribution in [0, 0.1) is 0 Å². The summed E-state index contributed by atoms with van der Waals surface area (Å²) in [4.78, 5) is 0. The predicted molar refractivity (Wildman–Crippen MR) is 70.4 cm³/mol. The van der Waals surface area contributed by atoms with Crippen LogP contribution in [0.2, 0.25) is 0 Å². The van der Waals surface area contributed by atoms with Gasteiger partial charge in [0.2, 0.25) is 0 Å². The fourth-order valence-electron chi connectivity index (χ4n) is 1.95. The van der Waals surface area contributed by atoms with Crippen molar-refractivity contribution < 1.29 is 103 Å². The van der Waals surface area contributed by atoms with E-state index in [-0.39, 0.29) is 114 Å². The first-order valence-electron chi connectivity index (χ1n) is 5.47. The van der Waals surface area contributed by atoms with Crippen LogP contribution in [0.3, 0.4) is 0 Å². The number of rotatable bonds is 0. The third kappa shape index (κ3) is 6.48. The van der Waals surface area contributed by atoms with E-state index in [1.807, 2.05) is 0 Å². The van der Waals surface area contributed by atoms with Gasteiger partial charge in [-0.05, 0) is 16.4 Å². The van der Waals surface area contributed by atoms with Gasteiger partial charge >= 0.3 is 103 Å². The van der Waals surface area contributed by atoms with Crippen LogP contribution in [0.1, 0.15) is 52.7 Å². The second-order valence-corrected chi connectivity index (χ2v) is 6.68. The Morgan fingerprint density at radius 3 is 1.59 bits per heavy atom. The Bertz CT molecular complexity index is 359. The monoisotopic (exact) mass is 298 g/mol. The fraction of sp³-hybridized carbons (Fsp3) is 0.571. The summed E-state index contributed by atoms with van der Waals surface area (Å²) in [5.41, 5.74) is 3.12. The first kappa shape index (κ1) is 22.2. The topological polar surface area (TPSA) is 0 Å². The fourth-order valence-corrected chi connectivity index (χ4v) is 2.50. The van der Waals surface area contributed by atoms with Gasteiger partial charge in [-0.1, -0.05) is 59.2 Å². The van der Waals surface area contributed by atoms with Gasteiger partial charge in [-0.25, -0.2) is 0 Å². The molecule has 0 bridgehead atoms. The summed E-state index contributed by atoms with van der Waals surface area (Å²) in [5.74, 6) is 0. The molecule has 3 heteroatoms. The Morgan fingerprint density at radius 2 is 1.29 bits per heavy atom. The van der Waals surface area contributed by atoms with Gasteiger partial charge in [0.15, 0.2) is 0 Å². The van der Waals surface area contributed by atoms with Crippen LogP contribution in [0.25, 0.3) is 0 Å². The summed E-state index contributed by atoms with van der Waals surface area (Å²) in [6.45, 7) is 13.5. The number of hydrogen-bond acceptors (Lipinski definition) is 0. The molecule has 0 spiro atoms. The van der Waals surface area contributed by atoms with Crippen LogP contribution in [-0.2, 0) is 10.8 Å². The van der Waals surface area contributed by atoms with E-state index in [1.165, 1.54) is 11.1 Å². The van der Waals surface area contributed by atoms with E-state index in [4.69, 9.17) is 0 Å². The molecule has 0 heterocycles. The van der Waals surface area contributed by atoms with Crippen molar-refractivity contribution >= 4 is 14.5 Å². The van der Waals surface area contributed by atoms with E-state index < -0.39 is 0 Å². The van der Waals surface area contributed by atoms with Crippen molar-refractivity contribution in [3.63, 3.8) is 0 Å². The smallest absolute Gasteiger partial charge is 1.00 e. The minimum Gasteiger partial charge on any atom is -1.45 e. The molecule has 1 aromatic carbocycles. The Kier molecular flexibility index (Phi) is 11.0. The molecule has 0 aliphatic heterocycles. The van der Waals surface area contributed by atoms with Crippen molar-refractivity contribution in [3.8, 4) is 0 Å². The third-order valence-electron chi connectivity index (χ3n) is 2.60. The van der Waals surface area contributed by atoms with Gasteiger partial charge in [0, 0.05) is 0 Å². The Morgan fingerprint density at radius 1 is 0.824 bits per heavy atom. The second-order valence-electron chi connectivity index (χ2n) is 6.20. The van der Waals surface area contributed by atoms with Gasteiger partial charge in [-0.2, -0.15) is 0 Å². The molecule has 1 aromatic rings. The van der Waals surface area contributed by atoms with Crippen LogP contribution >= 0.6 is 9.24 Å². The van der Waals surface area contributed by atoms with Crippen molar-refractivity contribution in [2.75, 3.05) is 0 Å². The molecule has 0 atom stereocenters. The molecule has 0 saturated heterocycles. The first-order valence-corrected chi connectivity index (χ1v) is 5.91. The largest absolute Gasteiger partial charge is 1.45 e. The van der Waals surface area contributed by atoms with Crippen molar-refractivity contribution in [3.05, 3.63) is 29.3 Å². The third-order valence-corrected chi connectivity index (χ3v) is 2.97. The van der Waals surface area contributed by atoms with E-state index >= 15 is 0 Å². The molecule has 0 saturated carbocycles. The normalized spacial score (nSPS) is 11.5. The van der Waals surface area contributed by atoms with Crippen LogP contribution in [-0.4, -0.2) is 0 Å². The molecule has 17 heavy (non-hydrogen) atoms. The zero-order valence-corrected chi connectivity index (χ0v) is 19.8. The van der Waals surface area contributed by atoms with Crippen LogP contribution in [0.4, 0.5) is 0 Å². The molecule has 0 aromatic heterocycles. The van der Waals surface area contributed by atoms with Gasteiger partial charge in [0.1, 0.15) is 0 Å². The SMILES string of the molecule is CC(C)(C)c1cccc([P-2])c1C(C)(C)C.[K+].[K+]. The minimum atomic E-state index is 0. The second kappa shape index (κ2) is 8.39. The van der Waals surface area contributed by atoms with Gasteiger partial charge in [-0.3, -0.25) is 0 Å². The molecule has 1 rings (SSSR count). The maximum Gasteiger partial charge on any atom is 1.00 e. The van der Waals surface area contributed by atoms with Crippen molar-refractivity contribution in [1.29, 1.82) is 0 Å². The molecule has 0 nitrogen and oxygen atoms in total. The van der Waals surface area contributed by atoms with E-state index in [1.54, 1.807) is 0 Å². The van der Waals surface area contributed by atoms with Crippen LogP contribution < -0.4 is 108 Å². The summed E-state index contributed by atoms with van der Waals surface area (Å²) in [6.07, 6.45) is 0. The molecule has 0 fully saturated rings. The van der Waals surface area contributed by atoms with Crippen LogP contribution in [0.5, 0.6) is 0 Å². The first-order chi connectivity index (χ1) is 6.64. The van der Waals surface area contributed by atoms with Crippen molar-refractivity contribution in [2.24, 2.45) is 0 Å². The molecular weight excluding hydrogens is 277 g/mol. The number of hydrogen-bond donors (Lipinski definition) is 0. The molecule has 0 radical (unpaired) electrons. The van der Waals surface area contributed by atoms with Crippen molar-refractivity contribution in [1.82, 2.24) is 0 Å². The van der Waals surface area contributed by atoms with E-state index in [0.29, 0.717) is 0 Å². The van der Waals surface area contributed by atoms with Crippen molar-refractivity contribution in [2.45, 2.75) is 52.4 Å². The summed E-state index contributed by atoms with van der Waals surface area (Å²) in [6, 6.07) is 6.40. The summed E-state index contributed by atoms with van der Waals surface area (Å²) < 4.78 is 0. The Hall–Kier alpha value is 2.92. The van der Waals surface area contributed by atoms with Crippen LogP contribution in [0.15, 0.2) is 18.2 Å². The molecule has 0 amide bonds. The van der Waals surface area contributed by atoms with E-state index in [2.05, 4.69) is 69.0 Å². The van der Waals surface area contributed by atoms with Gasteiger partial charge in [-0.15, -0.1) is 6.07 Å². The molecule has 84 valence electrons. The molecule has 0 aliphatic carbocycles. The standard InChI is InChI=1S/C14H21P.2K/c1-13(2,3)10-8-7-9-11(15)12(10)14(4,5)6;;/h7-9H,1-6H3;;/q-2;2*+1. The molecular formula is C14H21K2P. The molecule has 0 unspecified atom stereocenters. The van der Waals surface area contributed by atoms with Gasteiger partial charge in [0.05, 0.1) is 0 Å². The average molecular weight is 298 g/mol. The number of benzene rings is 1. The maximum absolute atomic E-state index is 4.59. The molecule has 0 aliphatic rings. The molecule has 0 N–H and O–H groups in total. The Balaban J connectivity index is 0. The van der Waals surface area contributed by atoms with E-state index in [9.17, 15) is 0 Å². The van der Waals surface area contributed by atoms with Gasteiger partial charge < -0.3 is 14.5 Å². The van der Waals surface area contributed by atoms with Gasteiger partial charge in [0.25, 0.3) is 0 Å². The zero-order valence-electron chi connectivity index (χ0n) is 12.7. The summed E-state index contributed by atoms with van der Waals surface area (Å²) in [5, 5.41) is 1.11. The zero-order chi connectivity index (χ0) is 11.9. The predicted octanol–water partition coefficient (Wildman–Crippen LogP) is -1.67. The summed E-state index contributed by atoms with van der Waals surface area (Å²) in [7, 11) is 4.59. The van der Waals surface area contributed by atoms with E-state index in [0.717, 1.165) is 5.30 Å². The summed E-state index contributed by atoms with van der Waals surface area (Å²) >= 11 is 0. The quantitative estimate of drug-likeness (QED) is 0.397.